The Bertz CT molecular complexity index is 1250. The Labute approximate surface area is 186 Å². The first-order valence-electron chi connectivity index (χ1n) is 9.10. The number of H-pyrrole nitrogens is 1. The Kier molecular flexibility index (Phi) is 6.53. The average Bonchev–Trinajstić information content (AvgIpc) is 3.28. The van der Waals surface area contributed by atoms with E-state index in [9.17, 15) is 26.4 Å². The van der Waals surface area contributed by atoms with E-state index in [2.05, 4.69) is 10.2 Å². The second-order valence-electron chi connectivity index (χ2n) is 6.54. The van der Waals surface area contributed by atoms with Crippen LogP contribution in [0.2, 0.25) is 0 Å². The number of sulfonamides is 1. The van der Waals surface area contributed by atoms with Crippen molar-refractivity contribution in [3.63, 3.8) is 0 Å². The number of nitrogens with one attached hydrogen (secondary N) is 2. The molecule has 0 atom stereocenters. The van der Waals surface area contributed by atoms with Crippen molar-refractivity contribution >= 4 is 15.9 Å². The lowest BCUT2D eigenvalue weighted by Crippen LogP contribution is -2.30. The minimum Gasteiger partial charge on any atom is -0.493 e. The van der Waals surface area contributed by atoms with Gasteiger partial charge in [0, 0.05) is 5.56 Å². The van der Waals surface area contributed by atoms with Gasteiger partial charge in [0.1, 0.15) is 5.69 Å². The van der Waals surface area contributed by atoms with Gasteiger partial charge in [-0.2, -0.15) is 18.3 Å². The highest BCUT2D eigenvalue weighted by atomic mass is 32.2. The number of ether oxygens (including phenoxy) is 3. The number of methoxy groups -OCH3 is 3. The van der Waals surface area contributed by atoms with E-state index in [-0.39, 0.29) is 11.4 Å². The third-order valence-electron chi connectivity index (χ3n) is 4.50. The molecule has 1 amide bonds. The minimum absolute atomic E-state index is 0.200. The number of alkyl halides is 3. The molecule has 33 heavy (non-hydrogen) atoms. The number of aromatic nitrogens is 2. The van der Waals surface area contributed by atoms with Crippen molar-refractivity contribution in [2.75, 3.05) is 21.3 Å². The predicted molar refractivity (Wildman–Crippen MR) is 110 cm³/mol. The number of carbonyl (C=O) groups is 1. The summed E-state index contributed by atoms with van der Waals surface area (Å²) < 4.78 is 80.4. The number of carbonyl (C=O) groups excluding carboxylic acids is 1. The van der Waals surface area contributed by atoms with Crippen molar-refractivity contribution in [2.24, 2.45) is 0 Å². The Balaban J connectivity index is 1.84. The Morgan fingerprint density at radius 3 is 2.03 bits per heavy atom. The first-order valence-corrected chi connectivity index (χ1v) is 10.6. The zero-order chi connectivity index (χ0) is 24.4. The lowest BCUT2D eigenvalue weighted by atomic mass is 10.1. The number of amides is 1. The summed E-state index contributed by atoms with van der Waals surface area (Å²) in [5.41, 5.74) is -0.470. The van der Waals surface area contributed by atoms with Gasteiger partial charge in [0.2, 0.25) is 5.75 Å². The zero-order valence-corrected chi connectivity index (χ0v) is 18.3. The number of halogens is 3. The number of nitrogens with zero attached hydrogens (tertiary/aromatic N) is 1. The van der Waals surface area contributed by atoms with Gasteiger partial charge in [0.15, 0.2) is 11.5 Å². The highest BCUT2D eigenvalue weighted by Gasteiger charge is 2.31. The summed E-state index contributed by atoms with van der Waals surface area (Å²) in [6.45, 7) is 0. The van der Waals surface area contributed by atoms with Crippen LogP contribution in [0.3, 0.4) is 0 Å². The van der Waals surface area contributed by atoms with Crippen LogP contribution in [0.15, 0.2) is 47.4 Å². The SMILES string of the molecule is COc1cc(-c2cc(C(=O)NS(=O)(=O)c3ccc(C(F)(F)F)cc3)[nH]n2)cc(OC)c1OC. The van der Waals surface area contributed by atoms with E-state index in [0.29, 0.717) is 34.9 Å². The topological polar surface area (TPSA) is 120 Å². The second kappa shape index (κ2) is 9.02. The maximum Gasteiger partial charge on any atom is 0.416 e. The highest BCUT2D eigenvalue weighted by Crippen LogP contribution is 2.40. The van der Waals surface area contributed by atoms with E-state index >= 15 is 0 Å². The molecule has 13 heteroatoms. The summed E-state index contributed by atoms with van der Waals surface area (Å²) in [6.07, 6.45) is -4.62. The van der Waals surface area contributed by atoms with Gasteiger partial charge >= 0.3 is 6.18 Å². The third kappa shape index (κ3) is 5.03. The fraction of sp³-hybridized carbons (Fsp3) is 0.200. The maximum atomic E-state index is 12.7. The average molecular weight is 485 g/mol. The van der Waals surface area contributed by atoms with Crippen molar-refractivity contribution in [1.29, 1.82) is 0 Å². The van der Waals surface area contributed by atoms with Crippen LogP contribution in [-0.2, 0) is 16.2 Å². The molecule has 0 radical (unpaired) electrons. The van der Waals surface area contributed by atoms with E-state index in [1.54, 1.807) is 16.9 Å². The summed E-state index contributed by atoms with van der Waals surface area (Å²) in [5, 5.41) is 6.42. The van der Waals surface area contributed by atoms with Crippen molar-refractivity contribution in [3.8, 4) is 28.5 Å². The third-order valence-corrected chi connectivity index (χ3v) is 5.85. The van der Waals surface area contributed by atoms with Crippen LogP contribution in [0.1, 0.15) is 16.1 Å². The molecule has 0 unspecified atom stereocenters. The monoisotopic (exact) mass is 485 g/mol. The summed E-state index contributed by atoms with van der Waals surface area (Å²) in [6, 6.07) is 7.18. The highest BCUT2D eigenvalue weighted by molar-refractivity contribution is 7.90. The molecule has 0 saturated heterocycles. The summed E-state index contributed by atoms with van der Waals surface area (Å²) in [5.74, 6) is -0.0301. The van der Waals surface area contributed by atoms with Gasteiger partial charge in [0.25, 0.3) is 15.9 Å². The molecule has 0 spiro atoms. The molecule has 3 rings (SSSR count). The quantitative estimate of drug-likeness (QED) is 0.527. The van der Waals surface area contributed by atoms with Gasteiger partial charge in [-0.25, -0.2) is 13.1 Å². The smallest absolute Gasteiger partial charge is 0.416 e. The van der Waals surface area contributed by atoms with Gasteiger partial charge in [-0.3, -0.25) is 9.89 Å². The molecule has 2 aromatic carbocycles. The number of benzene rings is 2. The van der Waals surface area contributed by atoms with Gasteiger partial charge in [-0.05, 0) is 42.5 Å². The molecule has 176 valence electrons. The number of aromatic amines is 1. The van der Waals surface area contributed by atoms with Crippen molar-refractivity contribution in [1.82, 2.24) is 14.9 Å². The van der Waals surface area contributed by atoms with Crippen LogP contribution < -0.4 is 18.9 Å². The van der Waals surface area contributed by atoms with E-state index < -0.39 is 32.6 Å². The molecular formula is C20H18F3N3O6S. The van der Waals surface area contributed by atoms with E-state index in [4.69, 9.17) is 14.2 Å². The Hall–Kier alpha value is -3.74. The molecule has 0 saturated carbocycles. The number of hydrogen-bond donors (Lipinski definition) is 2. The molecule has 0 fully saturated rings. The fourth-order valence-electron chi connectivity index (χ4n) is 2.87. The molecule has 3 aromatic rings. The van der Waals surface area contributed by atoms with Gasteiger partial charge in [0.05, 0.1) is 37.5 Å². The van der Waals surface area contributed by atoms with Crippen LogP contribution in [0.25, 0.3) is 11.3 Å². The van der Waals surface area contributed by atoms with Gasteiger partial charge in [-0.1, -0.05) is 0 Å². The molecule has 9 nitrogen and oxygen atoms in total. The largest absolute Gasteiger partial charge is 0.493 e. The van der Waals surface area contributed by atoms with Crippen LogP contribution >= 0.6 is 0 Å². The Morgan fingerprint density at radius 2 is 1.55 bits per heavy atom. The van der Waals surface area contributed by atoms with Crippen LogP contribution in [0.5, 0.6) is 17.2 Å². The van der Waals surface area contributed by atoms with Gasteiger partial charge in [-0.15, -0.1) is 0 Å². The zero-order valence-electron chi connectivity index (χ0n) is 17.5. The molecular weight excluding hydrogens is 467 g/mol. The Morgan fingerprint density at radius 1 is 0.970 bits per heavy atom. The lowest BCUT2D eigenvalue weighted by molar-refractivity contribution is -0.137. The number of hydrogen-bond acceptors (Lipinski definition) is 7. The van der Waals surface area contributed by atoms with Crippen LogP contribution in [-0.4, -0.2) is 45.9 Å². The predicted octanol–water partition coefficient (Wildman–Crippen LogP) is 3.24. The molecule has 0 bridgehead atoms. The van der Waals surface area contributed by atoms with Crippen LogP contribution in [0, 0.1) is 0 Å². The maximum absolute atomic E-state index is 12.7. The molecule has 0 aliphatic rings. The standard InChI is InChI=1S/C20H18F3N3O6S/c1-30-16-8-11(9-17(31-2)18(16)32-3)14-10-15(25-24-14)19(27)26-33(28,29)13-6-4-12(5-7-13)20(21,22)23/h4-10H,1-3H3,(H,24,25)(H,26,27). The molecule has 0 aliphatic carbocycles. The van der Waals surface area contributed by atoms with Gasteiger partial charge < -0.3 is 14.2 Å². The molecule has 0 aliphatic heterocycles. The van der Waals surface area contributed by atoms with Crippen molar-refractivity contribution < 1.29 is 40.6 Å². The summed E-state index contributed by atoms with van der Waals surface area (Å²) >= 11 is 0. The number of rotatable bonds is 7. The lowest BCUT2D eigenvalue weighted by Gasteiger charge is -2.13. The van der Waals surface area contributed by atoms with E-state index in [0.717, 1.165) is 12.1 Å². The minimum atomic E-state index is -4.62. The first-order chi connectivity index (χ1) is 15.5. The fourth-order valence-corrected chi connectivity index (χ4v) is 3.84. The molecule has 2 N–H and O–H groups in total. The molecule has 1 aromatic heterocycles. The van der Waals surface area contributed by atoms with E-state index in [1.807, 2.05) is 0 Å². The van der Waals surface area contributed by atoms with Crippen LogP contribution in [0.4, 0.5) is 13.2 Å². The molecule has 1 heterocycles. The summed E-state index contributed by atoms with van der Waals surface area (Å²) in [7, 11) is -0.134. The van der Waals surface area contributed by atoms with Crippen molar-refractivity contribution in [2.45, 2.75) is 11.1 Å². The van der Waals surface area contributed by atoms with E-state index in [1.165, 1.54) is 27.4 Å². The summed E-state index contributed by atoms with van der Waals surface area (Å²) in [4.78, 5) is 11.9. The first kappa shape index (κ1) is 23.9. The van der Waals surface area contributed by atoms with Crippen molar-refractivity contribution in [3.05, 3.63) is 53.7 Å². The normalized spacial score (nSPS) is 11.7. The second-order valence-corrected chi connectivity index (χ2v) is 8.22.